The molecule has 0 heterocycles. The number of hydrogen-bond acceptors (Lipinski definition) is 1. The summed E-state index contributed by atoms with van der Waals surface area (Å²) in [6.07, 6.45) is 7.22. The summed E-state index contributed by atoms with van der Waals surface area (Å²) in [5, 5.41) is 8.98. The van der Waals surface area contributed by atoms with E-state index in [0.717, 1.165) is 18.8 Å². The maximum atomic E-state index is 10.9. The Morgan fingerprint density at radius 2 is 2.05 bits per heavy atom. The third-order valence-electron chi connectivity index (χ3n) is 5.97. The van der Waals surface area contributed by atoms with Crippen LogP contribution in [0, 0.1) is 22.7 Å². The highest BCUT2D eigenvalue weighted by Crippen LogP contribution is 2.61. The van der Waals surface area contributed by atoms with E-state index in [1.807, 2.05) is 0 Å². The van der Waals surface area contributed by atoms with E-state index in [4.69, 9.17) is 5.11 Å². The van der Waals surface area contributed by atoms with Gasteiger partial charge in [-0.15, -0.1) is 0 Å². The molecular formula is C17H28O2. The molecule has 2 aliphatic carbocycles. The summed E-state index contributed by atoms with van der Waals surface area (Å²) in [7, 11) is 0. The lowest BCUT2D eigenvalue weighted by molar-refractivity contribution is -0.138. The number of carbonyl (C=O) groups is 1. The van der Waals surface area contributed by atoms with Crippen molar-refractivity contribution in [1.29, 1.82) is 0 Å². The standard InChI is InChI=1S/C17H28O2/c1-12-6-8-14-16(2,3)10-5-11-17(14,4)13(12)7-9-15(18)19/h13-14H,1,5-11H2,2-4H3,(H,18,19)/t13-,14-,17+/m0/s1. The summed E-state index contributed by atoms with van der Waals surface area (Å²) in [5.74, 6) is 0.452. The molecule has 0 aromatic carbocycles. The Balaban J connectivity index is 2.24. The van der Waals surface area contributed by atoms with Crippen LogP contribution >= 0.6 is 0 Å². The van der Waals surface area contributed by atoms with Crippen LogP contribution in [0.1, 0.15) is 65.7 Å². The van der Waals surface area contributed by atoms with Crippen LogP contribution in [0.15, 0.2) is 12.2 Å². The molecular weight excluding hydrogens is 236 g/mol. The van der Waals surface area contributed by atoms with E-state index in [1.54, 1.807) is 0 Å². The average Bonchev–Trinajstić information content (AvgIpc) is 2.26. The van der Waals surface area contributed by atoms with Crippen LogP contribution in [0.5, 0.6) is 0 Å². The van der Waals surface area contributed by atoms with Crippen LogP contribution in [-0.2, 0) is 4.79 Å². The highest BCUT2D eigenvalue weighted by atomic mass is 16.4. The molecule has 0 radical (unpaired) electrons. The van der Waals surface area contributed by atoms with Crippen LogP contribution in [-0.4, -0.2) is 11.1 Å². The Labute approximate surface area is 117 Å². The Kier molecular flexibility index (Phi) is 3.81. The molecule has 2 saturated carbocycles. The fourth-order valence-corrected chi connectivity index (χ4v) is 5.08. The molecule has 2 aliphatic rings. The van der Waals surface area contributed by atoms with Gasteiger partial charge in [-0.25, -0.2) is 0 Å². The first-order chi connectivity index (χ1) is 8.77. The predicted molar refractivity (Wildman–Crippen MR) is 78.0 cm³/mol. The van der Waals surface area contributed by atoms with Crippen molar-refractivity contribution in [3.8, 4) is 0 Å². The summed E-state index contributed by atoms with van der Waals surface area (Å²) in [5.41, 5.74) is 1.97. The topological polar surface area (TPSA) is 37.3 Å². The quantitative estimate of drug-likeness (QED) is 0.753. The lowest BCUT2D eigenvalue weighted by Gasteiger charge is -2.58. The minimum Gasteiger partial charge on any atom is -0.481 e. The van der Waals surface area contributed by atoms with Crippen LogP contribution in [0.4, 0.5) is 0 Å². The fraction of sp³-hybridized carbons (Fsp3) is 0.824. The maximum Gasteiger partial charge on any atom is 0.303 e. The molecule has 2 heteroatoms. The molecule has 0 saturated heterocycles. The molecule has 0 amide bonds. The predicted octanol–water partition coefficient (Wildman–Crippen LogP) is 4.65. The SMILES string of the molecule is C=C1CC[C@H]2C(C)(C)CCC[C@]2(C)[C@H]1CCC(=O)O. The zero-order chi connectivity index (χ0) is 14.3. The zero-order valence-electron chi connectivity index (χ0n) is 12.7. The summed E-state index contributed by atoms with van der Waals surface area (Å²) in [6, 6.07) is 0. The number of carboxylic acid groups (broad SMARTS) is 1. The van der Waals surface area contributed by atoms with Gasteiger partial charge < -0.3 is 5.11 Å². The van der Waals surface area contributed by atoms with E-state index in [9.17, 15) is 4.79 Å². The van der Waals surface area contributed by atoms with Crippen molar-refractivity contribution in [1.82, 2.24) is 0 Å². The lowest BCUT2D eigenvalue weighted by Crippen LogP contribution is -2.49. The lowest BCUT2D eigenvalue weighted by atomic mass is 9.47. The number of fused-ring (bicyclic) bond motifs is 1. The van der Waals surface area contributed by atoms with Crippen LogP contribution in [0.2, 0.25) is 0 Å². The Bertz CT molecular complexity index is 383. The Morgan fingerprint density at radius 1 is 1.37 bits per heavy atom. The highest BCUT2D eigenvalue weighted by Gasteiger charge is 2.52. The second-order valence-electron chi connectivity index (χ2n) is 7.58. The van der Waals surface area contributed by atoms with Crippen molar-refractivity contribution >= 4 is 5.97 Å². The summed E-state index contributed by atoms with van der Waals surface area (Å²) < 4.78 is 0. The van der Waals surface area contributed by atoms with Crippen LogP contribution in [0.3, 0.4) is 0 Å². The summed E-state index contributed by atoms with van der Waals surface area (Å²) in [6.45, 7) is 11.5. The van der Waals surface area contributed by atoms with E-state index in [2.05, 4.69) is 27.4 Å². The van der Waals surface area contributed by atoms with Crippen molar-refractivity contribution in [2.24, 2.45) is 22.7 Å². The Morgan fingerprint density at radius 3 is 2.68 bits per heavy atom. The molecule has 0 spiro atoms. The van der Waals surface area contributed by atoms with Gasteiger partial charge in [0, 0.05) is 6.42 Å². The molecule has 0 aromatic rings. The second kappa shape index (κ2) is 4.96. The van der Waals surface area contributed by atoms with Crippen molar-refractivity contribution in [2.75, 3.05) is 0 Å². The first-order valence-electron chi connectivity index (χ1n) is 7.67. The third-order valence-corrected chi connectivity index (χ3v) is 5.97. The zero-order valence-corrected chi connectivity index (χ0v) is 12.7. The van der Waals surface area contributed by atoms with Crippen molar-refractivity contribution in [2.45, 2.75) is 65.7 Å². The number of allylic oxidation sites excluding steroid dienone is 1. The highest BCUT2D eigenvalue weighted by molar-refractivity contribution is 5.66. The van der Waals surface area contributed by atoms with E-state index >= 15 is 0 Å². The molecule has 0 aromatic heterocycles. The molecule has 2 nitrogen and oxygen atoms in total. The van der Waals surface area contributed by atoms with Crippen molar-refractivity contribution in [3.05, 3.63) is 12.2 Å². The number of aliphatic carboxylic acids is 1. The fourth-order valence-electron chi connectivity index (χ4n) is 5.08. The summed E-state index contributed by atoms with van der Waals surface area (Å²) in [4.78, 5) is 10.9. The monoisotopic (exact) mass is 264 g/mol. The molecule has 0 aliphatic heterocycles. The van der Waals surface area contributed by atoms with Crippen molar-refractivity contribution < 1.29 is 9.90 Å². The van der Waals surface area contributed by atoms with Crippen LogP contribution < -0.4 is 0 Å². The van der Waals surface area contributed by atoms with Gasteiger partial charge in [0.2, 0.25) is 0 Å². The van der Waals surface area contributed by atoms with Crippen LogP contribution in [0.25, 0.3) is 0 Å². The molecule has 2 rings (SSSR count). The van der Waals surface area contributed by atoms with Gasteiger partial charge in [-0.2, -0.15) is 0 Å². The summed E-state index contributed by atoms with van der Waals surface area (Å²) >= 11 is 0. The van der Waals surface area contributed by atoms with E-state index in [0.29, 0.717) is 11.3 Å². The molecule has 0 bridgehead atoms. The van der Waals surface area contributed by atoms with Crippen molar-refractivity contribution in [3.63, 3.8) is 0 Å². The van der Waals surface area contributed by atoms with Gasteiger partial charge in [0.15, 0.2) is 0 Å². The maximum absolute atomic E-state index is 10.9. The molecule has 2 fully saturated rings. The van der Waals surface area contributed by atoms with Gasteiger partial charge in [0.05, 0.1) is 0 Å². The smallest absolute Gasteiger partial charge is 0.303 e. The molecule has 3 atom stereocenters. The van der Waals surface area contributed by atoms with Gasteiger partial charge in [-0.3, -0.25) is 4.79 Å². The molecule has 0 unspecified atom stereocenters. The average molecular weight is 264 g/mol. The first kappa shape index (κ1) is 14.6. The first-order valence-corrected chi connectivity index (χ1v) is 7.67. The van der Waals surface area contributed by atoms with Gasteiger partial charge in [-0.1, -0.05) is 39.3 Å². The van der Waals surface area contributed by atoms with Gasteiger partial charge in [-0.05, 0) is 54.8 Å². The minimum atomic E-state index is -0.673. The van der Waals surface area contributed by atoms with Gasteiger partial charge in [0.25, 0.3) is 0 Å². The van der Waals surface area contributed by atoms with E-state index in [1.165, 1.54) is 31.3 Å². The molecule has 108 valence electrons. The third kappa shape index (κ3) is 2.59. The minimum absolute atomic E-state index is 0.270. The Hall–Kier alpha value is -0.790. The molecule has 19 heavy (non-hydrogen) atoms. The number of carboxylic acids is 1. The molecule has 1 N–H and O–H groups in total. The largest absolute Gasteiger partial charge is 0.481 e. The second-order valence-corrected chi connectivity index (χ2v) is 7.58. The van der Waals surface area contributed by atoms with Gasteiger partial charge >= 0.3 is 5.97 Å². The van der Waals surface area contributed by atoms with E-state index < -0.39 is 5.97 Å². The number of rotatable bonds is 3. The van der Waals surface area contributed by atoms with E-state index in [-0.39, 0.29) is 11.8 Å². The van der Waals surface area contributed by atoms with Gasteiger partial charge in [0.1, 0.15) is 0 Å². The number of hydrogen-bond donors (Lipinski definition) is 1. The normalized spacial score (nSPS) is 37.7.